The van der Waals surface area contributed by atoms with Crippen LogP contribution in [0, 0.1) is 5.92 Å². The van der Waals surface area contributed by atoms with Crippen molar-refractivity contribution in [2.75, 3.05) is 6.54 Å². The zero-order chi connectivity index (χ0) is 10.7. The van der Waals surface area contributed by atoms with Crippen molar-refractivity contribution in [1.29, 1.82) is 0 Å². The molecule has 0 bridgehead atoms. The summed E-state index contributed by atoms with van der Waals surface area (Å²) in [6, 6.07) is -0.554. The molecule has 0 saturated carbocycles. The van der Waals surface area contributed by atoms with Crippen LogP contribution in [0.25, 0.3) is 0 Å². The molecular weight excluding hydrogens is 188 g/mol. The van der Waals surface area contributed by atoms with Gasteiger partial charge in [-0.1, -0.05) is 0 Å². The van der Waals surface area contributed by atoms with Gasteiger partial charge in [0.05, 0.1) is 6.04 Å². The van der Waals surface area contributed by atoms with E-state index in [0.717, 1.165) is 0 Å². The van der Waals surface area contributed by atoms with Crippen LogP contribution in [0.2, 0.25) is 0 Å². The number of nitrogens with zero attached hydrogens (tertiary/aromatic N) is 1. The standard InChI is InChI=1S/C8H14N2O4/c1-5(10(14)8(12)13)4-6-2-3-9-7(6)11/h5-6,14H,2-4H2,1H3,(H,9,11)(H,12,13)/t5?,6-/m0/s1. The highest BCUT2D eigenvalue weighted by Crippen LogP contribution is 2.18. The van der Waals surface area contributed by atoms with Gasteiger partial charge in [-0.2, -0.15) is 5.06 Å². The van der Waals surface area contributed by atoms with Gasteiger partial charge in [0.1, 0.15) is 0 Å². The molecule has 14 heavy (non-hydrogen) atoms. The summed E-state index contributed by atoms with van der Waals surface area (Å²) in [4.78, 5) is 21.5. The number of carboxylic acid groups (broad SMARTS) is 1. The average Bonchev–Trinajstić information content (AvgIpc) is 2.50. The Labute approximate surface area is 81.5 Å². The largest absolute Gasteiger partial charge is 0.463 e. The van der Waals surface area contributed by atoms with Crippen LogP contribution < -0.4 is 5.32 Å². The second-order valence-electron chi connectivity index (χ2n) is 3.49. The fourth-order valence-corrected chi connectivity index (χ4v) is 1.57. The lowest BCUT2D eigenvalue weighted by Crippen LogP contribution is -2.36. The third-order valence-corrected chi connectivity index (χ3v) is 2.40. The van der Waals surface area contributed by atoms with E-state index in [9.17, 15) is 9.59 Å². The van der Waals surface area contributed by atoms with Crippen LogP contribution in [0.4, 0.5) is 4.79 Å². The van der Waals surface area contributed by atoms with Gasteiger partial charge < -0.3 is 10.4 Å². The van der Waals surface area contributed by atoms with E-state index in [1.807, 2.05) is 0 Å². The summed E-state index contributed by atoms with van der Waals surface area (Å²) < 4.78 is 0. The van der Waals surface area contributed by atoms with E-state index in [1.54, 1.807) is 6.92 Å². The predicted octanol–water partition coefficient (Wildman–Crippen LogP) is 0.270. The number of rotatable bonds is 3. The summed E-state index contributed by atoms with van der Waals surface area (Å²) in [5.74, 6) is -0.241. The van der Waals surface area contributed by atoms with Gasteiger partial charge in [0.25, 0.3) is 0 Å². The number of carbonyl (C=O) groups is 2. The molecule has 1 heterocycles. The van der Waals surface area contributed by atoms with E-state index in [-0.39, 0.29) is 16.9 Å². The fraction of sp³-hybridized carbons (Fsp3) is 0.750. The average molecular weight is 202 g/mol. The van der Waals surface area contributed by atoms with Gasteiger partial charge >= 0.3 is 6.09 Å². The minimum absolute atomic E-state index is 0.0596. The summed E-state index contributed by atoms with van der Waals surface area (Å²) in [6.45, 7) is 2.20. The first-order chi connectivity index (χ1) is 6.52. The monoisotopic (exact) mass is 202 g/mol. The van der Waals surface area contributed by atoms with Gasteiger partial charge in [-0.3, -0.25) is 10.0 Å². The topological polar surface area (TPSA) is 89.9 Å². The highest BCUT2D eigenvalue weighted by Gasteiger charge is 2.28. The first-order valence-corrected chi connectivity index (χ1v) is 4.51. The van der Waals surface area contributed by atoms with Crippen molar-refractivity contribution < 1.29 is 19.9 Å². The Morgan fingerprint density at radius 1 is 1.79 bits per heavy atom. The van der Waals surface area contributed by atoms with E-state index in [0.29, 0.717) is 19.4 Å². The van der Waals surface area contributed by atoms with Gasteiger partial charge in [0, 0.05) is 12.5 Å². The first-order valence-electron chi connectivity index (χ1n) is 4.51. The Kier molecular flexibility index (Phi) is 3.29. The molecule has 3 N–H and O–H groups in total. The van der Waals surface area contributed by atoms with Crippen molar-refractivity contribution in [2.24, 2.45) is 5.92 Å². The predicted molar refractivity (Wildman–Crippen MR) is 46.8 cm³/mol. The Hall–Kier alpha value is -1.30. The van der Waals surface area contributed by atoms with Crippen LogP contribution in [-0.2, 0) is 4.79 Å². The van der Waals surface area contributed by atoms with Crippen molar-refractivity contribution in [3.63, 3.8) is 0 Å². The second-order valence-corrected chi connectivity index (χ2v) is 3.49. The van der Waals surface area contributed by atoms with Gasteiger partial charge in [-0.25, -0.2) is 4.79 Å². The molecule has 2 amide bonds. The van der Waals surface area contributed by atoms with Crippen LogP contribution in [0.5, 0.6) is 0 Å². The molecule has 0 aromatic heterocycles. The molecule has 2 atom stereocenters. The molecule has 1 rings (SSSR count). The molecule has 1 fully saturated rings. The summed E-state index contributed by atoms with van der Waals surface area (Å²) in [6.07, 6.45) is -0.332. The molecule has 0 aliphatic carbocycles. The lowest BCUT2D eigenvalue weighted by Gasteiger charge is -2.21. The molecule has 0 spiro atoms. The van der Waals surface area contributed by atoms with Crippen LogP contribution >= 0.6 is 0 Å². The van der Waals surface area contributed by atoms with E-state index in [1.165, 1.54) is 0 Å². The highest BCUT2D eigenvalue weighted by atomic mass is 16.6. The van der Waals surface area contributed by atoms with E-state index in [4.69, 9.17) is 10.3 Å². The Balaban J connectivity index is 2.43. The Morgan fingerprint density at radius 3 is 2.86 bits per heavy atom. The fourth-order valence-electron chi connectivity index (χ4n) is 1.57. The number of hydrogen-bond acceptors (Lipinski definition) is 3. The number of amides is 2. The summed E-state index contributed by atoms with van der Waals surface area (Å²) >= 11 is 0. The third kappa shape index (κ3) is 2.35. The maximum absolute atomic E-state index is 11.1. The zero-order valence-electron chi connectivity index (χ0n) is 7.93. The first kappa shape index (κ1) is 10.8. The van der Waals surface area contributed by atoms with Crippen molar-refractivity contribution >= 4 is 12.0 Å². The Bertz CT molecular complexity index is 243. The van der Waals surface area contributed by atoms with Gasteiger partial charge in [0.15, 0.2) is 0 Å². The smallest absolute Gasteiger partial charge is 0.431 e. The highest BCUT2D eigenvalue weighted by molar-refractivity contribution is 5.80. The van der Waals surface area contributed by atoms with Crippen LogP contribution in [0.1, 0.15) is 19.8 Å². The molecule has 1 unspecified atom stereocenters. The summed E-state index contributed by atoms with van der Waals surface area (Å²) in [7, 11) is 0. The summed E-state index contributed by atoms with van der Waals surface area (Å²) in [5, 5.41) is 20.4. The molecule has 6 heteroatoms. The van der Waals surface area contributed by atoms with Crippen LogP contribution in [-0.4, -0.2) is 40.0 Å². The molecule has 6 nitrogen and oxygen atoms in total. The number of hydroxylamine groups is 2. The molecule has 80 valence electrons. The van der Waals surface area contributed by atoms with E-state index >= 15 is 0 Å². The van der Waals surface area contributed by atoms with Crippen molar-refractivity contribution in [1.82, 2.24) is 10.4 Å². The molecule has 0 radical (unpaired) electrons. The Morgan fingerprint density at radius 2 is 2.43 bits per heavy atom. The van der Waals surface area contributed by atoms with Gasteiger partial charge in [0.2, 0.25) is 5.91 Å². The number of carbonyl (C=O) groups excluding carboxylic acids is 1. The minimum atomic E-state index is -1.39. The molecule has 1 saturated heterocycles. The van der Waals surface area contributed by atoms with Crippen LogP contribution in [0.3, 0.4) is 0 Å². The van der Waals surface area contributed by atoms with Gasteiger partial charge in [-0.05, 0) is 19.8 Å². The molecule has 0 aromatic rings. The lowest BCUT2D eigenvalue weighted by molar-refractivity contribution is -0.125. The second kappa shape index (κ2) is 4.28. The minimum Gasteiger partial charge on any atom is -0.463 e. The number of hydrogen-bond donors (Lipinski definition) is 3. The SMILES string of the molecule is CC(C[C@@H]1CCNC1=O)N(O)C(=O)O. The quantitative estimate of drug-likeness (QED) is 0.452. The van der Waals surface area contributed by atoms with Crippen molar-refractivity contribution in [2.45, 2.75) is 25.8 Å². The molecular formula is C8H14N2O4. The third-order valence-electron chi connectivity index (χ3n) is 2.40. The lowest BCUT2D eigenvalue weighted by atomic mass is 9.99. The summed E-state index contributed by atoms with van der Waals surface area (Å²) in [5.41, 5.74) is 0. The maximum atomic E-state index is 11.1. The molecule has 1 aliphatic heterocycles. The van der Waals surface area contributed by atoms with Crippen molar-refractivity contribution in [3.05, 3.63) is 0 Å². The zero-order valence-corrected chi connectivity index (χ0v) is 7.93. The van der Waals surface area contributed by atoms with Gasteiger partial charge in [-0.15, -0.1) is 0 Å². The van der Waals surface area contributed by atoms with Crippen molar-refractivity contribution in [3.8, 4) is 0 Å². The molecule has 1 aliphatic rings. The maximum Gasteiger partial charge on any atom is 0.431 e. The molecule has 0 aromatic carbocycles. The van der Waals surface area contributed by atoms with E-state index in [2.05, 4.69) is 5.32 Å². The normalized spacial score (nSPS) is 23.0. The number of nitrogens with one attached hydrogen (secondary N) is 1. The van der Waals surface area contributed by atoms with E-state index < -0.39 is 12.1 Å². The van der Waals surface area contributed by atoms with Crippen LogP contribution in [0.15, 0.2) is 0 Å².